The number of rotatable bonds is 2. The monoisotopic (exact) mass is 171 g/mol. The Morgan fingerprint density at radius 2 is 2.50 bits per heavy atom. The van der Waals surface area contributed by atoms with Gasteiger partial charge in [0.2, 0.25) is 0 Å². The summed E-state index contributed by atoms with van der Waals surface area (Å²) in [7, 11) is 0. The van der Waals surface area contributed by atoms with Crippen molar-refractivity contribution in [3.8, 4) is 0 Å². The van der Waals surface area contributed by atoms with Crippen molar-refractivity contribution in [1.29, 1.82) is 0 Å². The summed E-state index contributed by atoms with van der Waals surface area (Å²) in [6, 6.07) is 1.27. The molecule has 1 fully saturated rings. The number of hydrogen-bond donors (Lipinski definition) is 1. The number of carboxylic acids is 1. The third kappa shape index (κ3) is 1.07. The number of nitrogens with zero attached hydrogens (tertiary/aromatic N) is 1. The topological polar surface area (TPSA) is 63.3 Å². The maximum atomic E-state index is 12.4. The zero-order valence-corrected chi connectivity index (χ0v) is 6.03. The third-order valence-corrected chi connectivity index (χ3v) is 1.83. The summed E-state index contributed by atoms with van der Waals surface area (Å²) in [5.74, 6) is -1.09. The maximum Gasteiger partial charge on any atom is 0.358 e. The van der Waals surface area contributed by atoms with Gasteiger partial charge >= 0.3 is 5.97 Å². The van der Waals surface area contributed by atoms with Crippen molar-refractivity contribution in [3.63, 3.8) is 0 Å². The molecule has 12 heavy (non-hydrogen) atoms. The molecule has 1 aromatic rings. The predicted molar refractivity (Wildman–Crippen MR) is 35.7 cm³/mol. The van der Waals surface area contributed by atoms with Gasteiger partial charge in [-0.15, -0.1) is 0 Å². The van der Waals surface area contributed by atoms with Crippen LogP contribution in [0.1, 0.15) is 28.6 Å². The van der Waals surface area contributed by atoms with Crippen LogP contribution in [0.15, 0.2) is 10.6 Å². The molecule has 1 aliphatic carbocycles. The molecule has 0 saturated heterocycles. The van der Waals surface area contributed by atoms with Crippen LogP contribution in [-0.2, 0) is 0 Å². The molecule has 5 heteroatoms. The van der Waals surface area contributed by atoms with Gasteiger partial charge in [0.1, 0.15) is 11.9 Å². The lowest BCUT2D eigenvalue weighted by molar-refractivity contribution is 0.0685. The number of aromatic carboxylic acids is 1. The molecule has 0 aliphatic heterocycles. The molecule has 0 bridgehead atoms. The van der Waals surface area contributed by atoms with E-state index in [1.54, 1.807) is 0 Å². The molecule has 0 aromatic carbocycles. The molecule has 0 spiro atoms. The minimum absolute atomic E-state index is 0.163. The van der Waals surface area contributed by atoms with E-state index in [2.05, 4.69) is 9.68 Å². The molecule has 64 valence electrons. The maximum absolute atomic E-state index is 12.4. The van der Waals surface area contributed by atoms with E-state index in [1.807, 2.05) is 0 Å². The lowest BCUT2D eigenvalue weighted by Gasteiger charge is -1.82. The van der Waals surface area contributed by atoms with Gasteiger partial charge in [-0.3, -0.25) is 0 Å². The van der Waals surface area contributed by atoms with Crippen LogP contribution >= 0.6 is 0 Å². The lowest BCUT2D eigenvalue weighted by Crippen LogP contribution is -1.94. The van der Waals surface area contributed by atoms with Crippen molar-refractivity contribution < 1.29 is 18.8 Å². The molecular formula is C7H6FNO3. The summed E-state index contributed by atoms with van der Waals surface area (Å²) in [4.78, 5) is 10.3. The molecule has 0 amide bonds. The van der Waals surface area contributed by atoms with Crippen LogP contribution in [0.5, 0.6) is 0 Å². The van der Waals surface area contributed by atoms with Gasteiger partial charge in [0, 0.05) is 6.07 Å². The Morgan fingerprint density at radius 1 is 1.83 bits per heavy atom. The first-order chi connectivity index (χ1) is 5.68. The van der Waals surface area contributed by atoms with E-state index < -0.39 is 12.1 Å². The summed E-state index contributed by atoms with van der Waals surface area (Å²) in [5.41, 5.74) is -0.163. The van der Waals surface area contributed by atoms with Crippen LogP contribution in [-0.4, -0.2) is 22.4 Å². The Morgan fingerprint density at radius 3 is 2.92 bits per heavy atom. The molecule has 1 aliphatic rings. The van der Waals surface area contributed by atoms with Crippen LogP contribution in [0.25, 0.3) is 0 Å². The van der Waals surface area contributed by atoms with E-state index in [-0.39, 0.29) is 11.6 Å². The van der Waals surface area contributed by atoms with E-state index >= 15 is 0 Å². The molecular weight excluding hydrogens is 165 g/mol. The fourth-order valence-corrected chi connectivity index (χ4v) is 1.02. The quantitative estimate of drug-likeness (QED) is 0.726. The second kappa shape index (κ2) is 2.30. The van der Waals surface area contributed by atoms with E-state index in [0.717, 1.165) is 0 Å². The van der Waals surface area contributed by atoms with Gasteiger partial charge in [0.25, 0.3) is 0 Å². The largest absolute Gasteiger partial charge is 0.476 e. The van der Waals surface area contributed by atoms with Gasteiger partial charge < -0.3 is 9.63 Å². The minimum Gasteiger partial charge on any atom is -0.476 e. The standard InChI is InChI=1S/C7H6FNO3/c8-4-1-3(4)6-2-5(7(10)11)9-12-6/h2-4H,1H2,(H,10,11)/t3-,4-/m1/s1. The molecule has 1 N–H and O–H groups in total. The highest BCUT2D eigenvalue weighted by molar-refractivity contribution is 5.85. The Kier molecular flexibility index (Phi) is 1.39. The zero-order chi connectivity index (χ0) is 8.72. The summed E-state index contributed by atoms with van der Waals surface area (Å²) in [6.07, 6.45) is -0.478. The number of carbonyl (C=O) groups is 1. The number of carboxylic acid groups (broad SMARTS) is 1. The highest BCUT2D eigenvalue weighted by Crippen LogP contribution is 2.43. The summed E-state index contributed by atoms with van der Waals surface area (Å²) in [6.45, 7) is 0. The summed E-state index contributed by atoms with van der Waals surface area (Å²) >= 11 is 0. The average molecular weight is 171 g/mol. The Labute approximate surface area is 67.0 Å². The van der Waals surface area contributed by atoms with Crippen LogP contribution < -0.4 is 0 Å². The average Bonchev–Trinajstić information content (AvgIpc) is 2.59. The first-order valence-corrected chi connectivity index (χ1v) is 3.52. The van der Waals surface area contributed by atoms with Gasteiger partial charge in [0.15, 0.2) is 5.69 Å². The highest BCUT2D eigenvalue weighted by atomic mass is 19.1. The second-order valence-electron chi connectivity index (χ2n) is 2.78. The van der Waals surface area contributed by atoms with Crippen LogP contribution in [0.4, 0.5) is 4.39 Å². The molecule has 1 heterocycles. The minimum atomic E-state index is -1.15. The van der Waals surface area contributed by atoms with Crippen LogP contribution in [0, 0.1) is 0 Å². The Bertz CT molecular complexity index is 322. The summed E-state index contributed by atoms with van der Waals surface area (Å²) in [5, 5.41) is 11.7. The van der Waals surface area contributed by atoms with Gasteiger partial charge in [-0.2, -0.15) is 0 Å². The van der Waals surface area contributed by atoms with E-state index in [4.69, 9.17) is 5.11 Å². The van der Waals surface area contributed by atoms with Gasteiger partial charge in [-0.1, -0.05) is 5.16 Å². The van der Waals surface area contributed by atoms with E-state index in [9.17, 15) is 9.18 Å². The van der Waals surface area contributed by atoms with Gasteiger partial charge in [0.05, 0.1) is 5.92 Å². The number of alkyl halides is 1. The molecule has 1 aromatic heterocycles. The van der Waals surface area contributed by atoms with Crippen LogP contribution in [0.2, 0.25) is 0 Å². The fraction of sp³-hybridized carbons (Fsp3) is 0.429. The molecule has 1 saturated carbocycles. The van der Waals surface area contributed by atoms with Crippen molar-refractivity contribution >= 4 is 5.97 Å². The molecule has 0 unspecified atom stereocenters. The normalized spacial score (nSPS) is 27.1. The van der Waals surface area contributed by atoms with Gasteiger partial charge in [-0.05, 0) is 6.42 Å². The first kappa shape index (κ1) is 7.27. The smallest absolute Gasteiger partial charge is 0.358 e. The lowest BCUT2D eigenvalue weighted by atomic mass is 10.3. The van der Waals surface area contributed by atoms with Crippen molar-refractivity contribution in [3.05, 3.63) is 17.5 Å². The molecule has 4 nitrogen and oxygen atoms in total. The SMILES string of the molecule is O=C(O)c1cc([C@@H]2C[C@H]2F)on1. The van der Waals surface area contributed by atoms with Crippen molar-refractivity contribution in [2.24, 2.45) is 0 Å². The second-order valence-corrected chi connectivity index (χ2v) is 2.78. The van der Waals surface area contributed by atoms with Crippen LogP contribution in [0.3, 0.4) is 0 Å². The Hall–Kier alpha value is -1.39. The van der Waals surface area contributed by atoms with Crippen molar-refractivity contribution in [2.75, 3.05) is 0 Å². The number of hydrogen-bond acceptors (Lipinski definition) is 3. The molecule has 2 atom stereocenters. The Balaban J connectivity index is 2.19. The number of halogens is 1. The van der Waals surface area contributed by atoms with E-state index in [1.165, 1.54) is 6.07 Å². The number of aromatic nitrogens is 1. The fourth-order valence-electron chi connectivity index (χ4n) is 1.02. The zero-order valence-electron chi connectivity index (χ0n) is 6.03. The van der Waals surface area contributed by atoms with Crippen molar-refractivity contribution in [1.82, 2.24) is 5.16 Å². The van der Waals surface area contributed by atoms with Crippen molar-refractivity contribution in [2.45, 2.75) is 18.5 Å². The van der Waals surface area contributed by atoms with Gasteiger partial charge in [-0.25, -0.2) is 9.18 Å². The molecule has 0 radical (unpaired) electrons. The highest BCUT2D eigenvalue weighted by Gasteiger charge is 2.42. The molecule has 2 rings (SSSR count). The predicted octanol–water partition coefficient (Wildman–Crippen LogP) is 1.20. The third-order valence-electron chi connectivity index (χ3n) is 1.83. The first-order valence-electron chi connectivity index (χ1n) is 3.52. The van der Waals surface area contributed by atoms with E-state index in [0.29, 0.717) is 12.2 Å². The summed E-state index contributed by atoms with van der Waals surface area (Å²) < 4.78 is 17.1.